The smallest absolute Gasteiger partial charge is 0.238 e. The lowest BCUT2D eigenvalue weighted by atomic mass is 9.99. The van der Waals surface area contributed by atoms with Crippen LogP contribution in [-0.4, -0.2) is 62.3 Å². The maximum Gasteiger partial charge on any atom is 0.238 e. The predicted octanol–water partition coefficient (Wildman–Crippen LogP) is 0.165. The SMILES string of the molecule is CNC(=O)C1(C(=O)N2CC(COC)OC(C)(C)C2)CC1. The number of nitrogens with one attached hydrogen (secondary N) is 1. The van der Waals surface area contributed by atoms with E-state index in [0.29, 0.717) is 32.5 Å². The first kappa shape index (κ1) is 15.3. The van der Waals surface area contributed by atoms with E-state index in [4.69, 9.17) is 9.47 Å². The summed E-state index contributed by atoms with van der Waals surface area (Å²) in [6.45, 7) is 5.34. The summed E-state index contributed by atoms with van der Waals surface area (Å²) in [5, 5.41) is 2.60. The van der Waals surface area contributed by atoms with Crippen molar-refractivity contribution >= 4 is 11.8 Å². The molecule has 1 aliphatic carbocycles. The highest BCUT2D eigenvalue weighted by Crippen LogP contribution is 2.48. The zero-order valence-electron chi connectivity index (χ0n) is 12.7. The Bertz CT molecular complexity index is 404. The van der Waals surface area contributed by atoms with Crippen LogP contribution < -0.4 is 5.32 Å². The van der Waals surface area contributed by atoms with Gasteiger partial charge in [-0.25, -0.2) is 0 Å². The third-order valence-corrected chi connectivity index (χ3v) is 3.94. The molecule has 0 bridgehead atoms. The van der Waals surface area contributed by atoms with E-state index in [1.54, 1.807) is 19.1 Å². The summed E-state index contributed by atoms with van der Waals surface area (Å²) >= 11 is 0. The van der Waals surface area contributed by atoms with Crippen molar-refractivity contribution in [2.24, 2.45) is 5.41 Å². The summed E-state index contributed by atoms with van der Waals surface area (Å²) in [5.74, 6) is -0.246. The molecule has 6 heteroatoms. The highest BCUT2D eigenvalue weighted by Gasteiger charge is 2.58. The minimum atomic E-state index is -0.834. The number of rotatable bonds is 4. The Morgan fingerprint density at radius 1 is 1.40 bits per heavy atom. The lowest BCUT2D eigenvalue weighted by molar-refractivity contribution is -0.173. The van der Waals surface area contributed by atoms with Gasteiger partial charge in [-0.1, -0.05) is 0 Å². The number of carbonyl (C=O) groups excluding carboxylic acids is 2. The Hall–Kier alpha value is -1.14. The van der Waals surface area contributed by atoms with Gasteiger partial charge in [0, 0.05) is 27.2 Å². The van der Waals surface area contributed by atoms with Crippen LogP contribution in [0.15, 0.2) is 0 Å². The van der Waals surface area contributed by atoms with Crippen molar-refractivity contribution in [1.29, 1.82) is 0 Å². The van der Waals surface area contributed by atoms with Crippen LogP contribution >= 0.6 is 0 Å². The number of amides is 2. The van der Waals surface area contributed by atoms with Crippen molar-refractivity contribution in [2.75, 3.05) is 33.9 Å². The molecule has 1 atom stereocenters. The van der Waals surface area contributed by atoms with Crippen molar-refractivity contribution in [2.45, 2.75) is 38.4 Å². The Kier molecular flexibility index (Phi) is 4.07. The molecule has 1 unspecified atom stereocenters. The number of hydrogen-bond acceptors (Lipinski definition) is 4. The van der Waals surface area contributed by atoms with Crippen molar-refractivity contribution in [1.82, 2.24) is 10.2 Å². The maximum absolute atomic E-state index is 12.7. The zero-order chi connectivity index (χ0) is 15.0. The fraction of sp³-hybridized carbons (Fsp3) is 0.857. The first-order chi connectivity index (χ1) is 9.34. The van der Waals surface area contributed by atoms with Gasteiger partial charge in [0.2, 0.25) is 11.8 Å². The van der Waals surface area contributed by atoms with Crippen LogP contribution in [0, 0.1) is 5.41 Å². The van der Waals surface area contributed by atoms with E-state index in [-0.39, 0.29) is 17.9 Å². The Labute approximate surface area is 119 Å². The largest absolute Gasteiger partial charge is 0.382 e. The minimum absolute atomic E-state index is 0.0747. The van der Waals surface area contributed by atoms with Gasteiger partial charge in [-0.05, 0) is 26.7 Å². The van der Waals surface area contributed by atoms with Gasteiger partial charge in [-0.3, -0.25) is 9.59 Å². The van der Waals surface area contributed by atoms with Crippen LogP contribution in [0.25, 0.3) is 0 Å². The van der Waals surface area contributed by atoms with Crippen LogP contribution in [-0.2, 0) is 19.1 Å². The molecule has 1 saturated carbocycles. The maximum atomic E-state index is 12.7. The lowest BCUT2D eigenvalue weighted by Crippen LogP contribution is -2.58. The lowest BCUT2D eigenvalue weighted by Gasteiger charge is -2.43. The molecule has 1 N–H and O–H groups in total. The van der Waals surface area contributed by atoms with Gasteiger partial charge in [0.05, 0.1) is 18.3 Å². The molecule has 2 aliphatic rings. The fourth-order valence-electron chi connectivity index (χ4n) is 2.93. The van der Waals surface area contributed by atoms with Crippen molar-refractivity contribution < 1.29 is 19.1 Å². The number of carbonyl (C=O) groups is 2. The molecule has 2 rings (SSSR count). The molecule has 6 nitrogen and oxygen atoms in total. The third kappa shape index (κ3) is 2.81. The third-order valence-electron chi connectivity index (χ3n) is 3.94. The summed E-state index contributed by atoms with van der Waals surface area (Å²) in [7, 11) is 3.19. The van der Waals surface area contributed by atoms with Gasteiger partial charge in [0.1, 0.15) is 5.41 Å². The summed E-state index contributed by atoms with van der Waals surface area (Å²) < 4.78 is 11.0. The number of ether oxygens (including phenoxy) is 2. The number of hydrogen-bond donors (Lipinski definition) is 1. The van der Waals surface area contributed by atoms with Crippen LogP contribution in [0.3, 0.4) is 0 Å². The molecule has 0 aromatic heterocycles. The quantitative estimate of drug-likeness (QED) is 0.747. The van der Waals surface area contributed by atoms with Crippen LogP contribution in [0.1, 0.15) is 26.7 Å². The molecule has 1 heterocycles. The second kappa shape index (κ2) is 5.33. The van der Waals surface area contributed by atoms with Crippen LogP contribution in [0.5, 0.6) is 0 Å². The Morgan fingerprint density at radius 2 is 2.05 bits per heavy atom. The van der Waals surface area contributed by atoms with Crippen molar-refractivity contribution in [3.05, 3.63) is 0 Å². The fourth-order valence-corrected chi connectivity index (χ4v) is 2.93. The molecule has 1 saturated heterocycles. The van der Waals surface area contributed by atoms with Gasteiger partial charge in [0.25, 0.3) is 0 Å². The van der Waals surface area contributed by atoms with E-state index in [2.05, 4.69) is 5.32 Å². The van der Waals surface area contributed by atoms with Gasteiger partial charge in [0.15, 0.2) is 0 Å². The zero-order valence-corrected chi connectivity index (χ0v) is 12.7. The molecular weight excluding hydrogens is 260 g/mol. The summed E-state index contributed by atoms with van der Waals surface area (Å²) in [6, 6.07) is 0. The number of methoxy groups -OCH3 is 1. The molecule has 0 spiro atoms. The molecule has 2 amide bonds. The standard InChI is InChI=1S/C14H24N2O4/c1-13(2)9-16(7-10(20-13)8-19-4)12(18)14(5-6-14)11(17)15-3/h10H,5-9H2,1-4H3,(H,15,17). The molecule has 0 aromatic rings. The van der Waals surface area contributed by atoms with Gasteiger partial charge in [-0.2, -0.15) is 0 Å². The first-order valence-electron chi connectivity index (χ1n) is 7.03. The average molecular weight is 284 g/mol. The van der Waals surface area contributed by atoms with E-state index in [1.807, 2.05) is 13.8 Å². The Morgan fingerprint density at radius 3 is 2.55 bits per heavy atom. The van der Waals surface area contributed by atoms with E-state index in [0.717, 1.165) is 0 Å². The molecular formula is C14H24N2O4. The van der Waals surface area contributed by atoms with Crippen molar-refractivity contribution in [3.8, 4) is 0 Å². The molecule has 114 valence electrons. The second-order valence-corrected chi connectivity index (χ2v) is 6.30. The predicted molar refractivity (Wildman–Crippen MR) is 73.1 cm³/mol. The average Bonchev–Trinajstić information content (AvgIpc) is 3.17. The number of nitrogens with zero attached hydrogens (tertiary/aromatic N) is 1. The molecule has 20 heavy (non-hydrogen) atoms. The van der Waals surface area contributed by atoms with E-state index >= 15 is 0 Å². The Balaban J connectivity index is 2.11. The van der Waals surface area contributed by atoms with Gasteiger partial charge >= 0.3 is 0 Å². The monoisotopic (exact) mass is 284 g/mol. The van der Waals surface area contributed by atoms with E-state index < -0.39 is 11.0 Å². The highest BCUT2D eigenvalue weighted by atomic mass is 16.5. The van der Waals surface area contributed by atoms with E-state index in [1.165, 1.54) is 0 Å². The molecule has 2 fully saturated rings. The normalized spacial score (nSPS) is 27.0. The molecule has 1 aliphatic heterocycles. The van der Waals surface area contributed by atoms with Gasteiger partial charge in [-0.15, -0.1) is 0 Å². The van der Waals surface area contributed by atoms with E-state index in [9.17, 15) is 9.59 Å². The first-order valence-corrected chi connectivity index (χ1v) is 7.03. The summed E-state index contributed by atoms with van der Waals surface area (Å²) in [4.78, 5) is 26.4. The summed E-state index contributed by atoms with van der Waals surface area (Å²) in [5.41, 5.74) is -1.25. The minimum Gasteiger partial charge on any atom is -0.382 e. The molecule has 0 aromatic carbocycles. The molecule has 0 radical (unpaired) electrons. The summed E-state index contributed by atoms with van der Waals surface area (Å²) in [6.07, 6.45) is 1.13. The highest BCUT2D eigenvalue weighted by molar-refractivity contribution is 6.07. The van der Waals surface area contributed by atoms with Crippen LogP contribution in [0.2, 0.25) is 0 Å². The van der Waals surface area contributed by atoms with Crippen molar-refractivity contribution in [3.63, 3.8) is 0 Å². The van der Waals surface area contributed by atoms with Gasteiger partial charge < -0.3 is 19.7 Å². The van der Waals surface area contributed by atoms with Crippen LogP contribution in [0.4, 0.5) is 0 Å². The number of morpholine rings is 1. The second-order valence-electron chi connectivity index (χ2n) is 6.30. The topological polar surface area (TPSA) is 67.9 Å².